The number of nitrogens with one attached hydrogen (secondary N) is 1. The van der Waals surface area contributed by atoms with Gasteiger partial charge in [-0.3, -0.25) is 4.79 Å². The highest BCUT2D eigenvalue weighted by Gasteiger charge is 2.26. The van der Waals surface area contributed by atoms with Crippen LogP contribution in [-0.2, 0) is 0 Å². The van der Waals surface area contributed by atoms with Crippen molar-refractivity contribution >= 4 is 23.2 Å². The van der Waals surface area contributed by atoms with Crippen molar-refractivity contribution < 1.29 is 4.79 Å². The van der Waals surface area contributed by atoms with Gasteiger partial charge in [-0.2, -0.15) is 0 Å². The van der Waals surface area contributed by atoms with E-state index in [4.69, 9.17) is 11.6 Å². The Morgan fingerprint density at radius 3 is 2.56 bits per heavy atom. The number of hydrogen-bond donors (Lipinski definition) is 1. The number of aromatic nitrogens is 2. The minimum atomic E-state index is 0.0766. The number of piperidine rings is 1. The smallest absolute Gasteiger partial charge is 0.253 e. The van der Waals surface area contributed by atoms with E-state index in [1.54, 1.807) is 6.20 Å². The van der Waals surface area contributed by atoms with Gasteiger partial charge >= 0.3 is 0 Å². The monoisotopic (exact) mass is 358 g/mol. The van der Waals surface area contributed by atoms with Crippen molar-refractivity contribution in [2.75, 3.05) is 31.1 Å². The first kappa shape index (κ1) is 16.5. The molecule has 0 saturated carbocycles. The standard InChI is InChI=1S/C19H23ClN4O/c20-16-13-15(3-4-17(16)23-9-1-2-10-23)19(25)24-11-5-14(6-12-24)18-21-7-8-22-18/h3-4,7-8,13-14H,1-2,5-6,9-12H2,(H,21,22). The molecule has 25 heavy (non-hydrogen) atoms. The molecule has 0 spiro atoms. The second-order valence-corrected chi connectivity index (χ2v) is 7.31. The average molecular weight is 359 g/mol. The molecular weight excluding hydrogens is 336 g/mol. The molecule has 3 heterocycles. The van der Waals surface area contributed by atoms with Crippen molar-refractivity contribution in [2.45, 2.75) is 31.6 Å². The van der Waals surface area contributed by atoms with Crippen LogP contribution in [0.5, 0.6) is 0 Å². The van der Waals surface area contributed by atoms with Gasteiger partial charge in [0.2, 0.25) is 0 Å². The van der Waals surface area contributed by atoms with Crippen LogP contribution in [0.4, 0.5) is 5.69 Å². The third kappa shape index (κ3) is 3.38. The molecule has 6 heteroatoms. The molecule has 2 aliphatic heterocycles. The number of aromatic amines is 1. The minimum Gasteiger partial charge on any atom is -0.370 e. The summed E-state index contributed by atoms with van der Waals surface area (Å²) in [6.45, 7) is 3.62. The summed E-state index contributed by atoms with van der Waals surface area (Å²) in [7, 11) is 0. The fourth-order valence-corrected chi connectivity index (χ4v) is 4.19. The summed E-state index contributed by atoms with van der Waals surface area (Å²) in [6, 6.07) is 5.74. The van der Waals surface area contributed by atoms with Crippen LogP contribution in [0.1, 0.15) is 47.8 Å². The molecule has 1 amide bonds. The SMILES string of the molecule is O=C(c1ccc(N2CCCC2)c(Cl)c1)N1CCC(c2ncc[nH]2)CC1. The first-order valence-electron chi connectivity index (χ1n) is 9.05. The van der Waals surface area contributed by atoms with Crippen LogP contribution < -0.4 is 4.90 Å². The number of H-pyrrole nitrogens is 1. The number of nitrogens with zero attached hydrogens (tertiary/aromatic N) is 3. The Kier molecular flexibility index (Phi) is 4.66. The number of imidazole rings is 1. The van der Waals surface area contributed by atoms with Gasteiger partial charge in [0.25, 0.3) is 5.91 Å². The van der Waals surface area contributed by atoms with E-state index in [0.717, 1.165) is 50.5 Å². The molecule has 5 nitrogen and oxygen atoms in total. The Labute approximate surface area is 153 Å². The van der Waals surface area contributed by atoms with Crippen LogP contribution in [0.2, 0.25) is 5.02 Å². The highest BCUT2D eigenvalue weighted by atomic mass is 35.5. The lowest BCUT2D eigenvalue weighted by Gasteiger charge is -2.31. The molecule has 0 aliphatic carbocycles. The lowest BCUT2D eigenvalue weighted by atomic mass is 9.95. The normalized spacial score (nSPS) is 18.8. The third-order valence-electron chi connectivity index (χ3n) is 5.33. The maximum Gasteiger partial charge on any atom is 0.253 e. The van der Waals surface area contributed by atoms with Gasteiger partial charge in [-0.15, -0.1) is 0 Å². The molecule has 1 N–H and O–H groups in total. The summed E-state index contributed by atoms with van der Waals surface area (Å²) in [4.78, 5) is 24.6. The predicted molar refractivity (Wildman–Crippen MR) is 99.4 cm³/mol. The average Bonchev–Trinajstić information content (AvgIpc) is 3.35. The van der Waals surface area contributed by atoms with Crippen LogP contribution in [0, 0.1) is 0 Å². The highest BCUT2D eigenvalue weighted by molar-refractivity contribution is 6.33. The number of carbonyl (C=O) groups excluding carboxylic acids is 1. The van der Waals surface area contributed by atoms with Gasteiger partial charge in [-0.05, 0) is 43.9 Å². The number of likely N-dealkylation sites (tertiary alicyclic amines) is 1. The lowest BCUT2D eigenvalue weighted by molar-refractivity contribution is 0.0711. The molecule has 0 radical (unpaired) electrons. The van der Waals surface area contributed by atoms with Gasteiger partial charge in [-0.25, -0.2) is 4.98 Å². The van der Waals surface area contributed by atoms with Crippen LogP contribution in [0.3, 0.4) is 0 Å². The van der Waals surface area contributed by atoms with E-state index in [-0.39, 0.29) is 5.91 Å². The molecule has 2 fully saturated rings. The summed E-state index contributed by atoms with van der Waals surface area (Å²) in [6.07, 6.45) is 7.95. The van der Waals surface area contributed by atoms with Crippen molar-refractivity contribution in [1.82, 2.24) is 14.9 Å². The third-order valence-corrected chi connectivity index (χ3v) is 5.63. The first-order valence-corrected chi connectivity index (χ1v) is 9.43. The summed E-state index contributed by atoms with van der Waals surface area (Å²) in [5, 5.41) is 0.679. The minimum absolute atomic E-state index is 0.0766. The Morgan fingerprint density at radius 1 is 1.16 bits per heavy atom. The zero-order valence-corrected chi connectivity index (χ0v) is 15.0. The van der Waals surface area contributed by atoms with E-state index >= 15 is 0 Å². The summed E-state index contributed by atoms with van der Waals surface area (Å²) >= 11 is 6.46. The first-order chi connectivity index (χ1) is 12.2. The molecule has 4 rings (SSSR count). The van der Waals surface area contributed by atoms with Crippen molar-refractivity contribution in [3.05, 3.63) is 47.0 Å². The molecule has 1 aromatic carbocycles. The Hall–Kier alpha value is -2.01. The second-order valence-electron chi connectivity index (χ2n) is 6.90. The fourth-order valence-electron chi connectivity index (χ4n) is 3.89. The molecule has 2 aliphatic rings. The van der Waals surface area contributed by atoms with Crippen molar-refractivity contribution in [2.24, 2.45) is 0 Å². The van der Waals surface area contributed by atoms with Gasteiger partial charge in [0.05, 0.1) is 10.7 Å². The second kappa shape index (κ2) is 7.08. The number of benzene rings is 1. The quantitative estimate of drug-likeness (QED) is 0.910. The van der Waals surface area contributed by atoms with Crippen molar-refractivity contribution in [3.8, 4) is 0 Å². The van der Waals surface area contributed by atoms with Crippen molar-refractivity contribution in [1.29, 1.82) is 0 Å². The molecule has 132 valence electrons. The molecule has 1 aromatic heterocycles. The molecule has 2 saturated heterocycles. The highest BCUT2D eigenvalue weighted by Crippen LogP contribution is 2.31. The van der Waals surface area contributed by atoms with Crippen LogP contribution in [0.25, 0.3) is 0 Å². The molecule has 2 aromatic rings. The number of halogens is 1. The number of carbonyl (C=O) groups is 1. The maximum atomic E-state index is 12.8. The summed E-state index contributed by atoms with van der Waals surface area (Å²) in [5.74, 6) is 1.53. The van der Waals surface area contributed by atoms with E-state index in [9.17, 15) is 4.79 Å². The van der Waals surface area contributed by atoms with E-state index in [1.165, 1.54) is 12.8 Å². The molecule has 0 unspecified atom stereocenters. The lowest BCUT2D eigenvalue weighted by Crippen LogP contribution is -2.38. The Balaban J connectivity index is 1.42. The van der Waals surface area contributed by atoms with Gasteiger partial charge in [0.15, 0.2) is 0 Å². The van der Waals surface area contributed by atoms with Gasteiger partial charge in [0.1, 0.15) is 5.82 Å². The largest absolute Gasteiger partial charge is 0.370 e. The van der Waals surface area contributed by atoms with Gasteiger partial charge in [-0.1, -0.05) is 11.6 Å². The zero-order valence-electron chi connectivity index (χ0n) is 14.2. The van der Waals surface area contributed by atoms with Gasteiger partial charge in [0, 0.05) is 50.1 Å². The topological polar surface area (TPSA) is 52.2 Å². The maximum absolute atomic E-state index is 12.8. The fraction of sp³-hybridized carbons (Fsp3) is 0.474. The van der Waals surface area contributed by atoms with Crippen LogP contribution in [0.15, 0.2) is 30.6 Å². The predicted octanol–water partition coefficient (Wildman–Crippen LogP) is 3.68. The number of rotatable bonds is 3. The molecule has 0 atom stereocenters. The van der Waals surface area contributed by atoms with E-state index < -0.39 is 0 Å². The Bertz CT molecular complexity index is 732. The Morgan fingerprint density at radius 2 is 1.92 bits per heavy atom. The zero-order chi connectivity index (χ0) is 17.2. The van der Waals surface area contributed by atoms with E-state index in [2.05, 4.69) is 14.9 Å². The van der Waals surface area contributed by atoms with Crippen molar-refractivity contribution in [3.63, 3.8) is 0 Å². The van der Waals surface area contributed by atoms with Gasteiger partial charge < -0.3 is 14.8 Å². The van der Waals surface area contributed by atoms with E-state index in [0.29, 0.717) is 16.5 Å². The number of hydrogen-bond acceptors (Lipinski definition) is 3. The van der Waals surface area contributed by atoms with E-state index in [1.807, 2.05) is 29.3 Å². The summed E-state index contributed by atoms with van der Waals surface area (Å²) < 4.78 is 0. The van der Waals surface area contributed by atoms with Crippen LogP contribution >= 0.6 is 11.6 Å². The molecule has 0 bridgehead atoms. The number of anilines is 1. The molecular formula is C19H23ClN4O. The summed E-state index contributed by atoms with van der Waals surface area (Å²) in [5.41, 5.74) is 1.73. The number of amides is 1. The van der Waals surface area contributed by atoms with Crippen LogP contribution in [-0.4, -0.2) is 47.0 Å².